The van der Waals surface area contributed by atoms with E-state index in [1.807, 2.05) is 54.6 Å². The number of nitrogens with one attached hydrogen (secondary N) is 3. The summed E-state index contributed by atoms with van der Waals surface area (Å²) >= 11 is 0. The van der Waals surface area contributed by atoms with Crippen molar-refractivity contribution in [3.8, 4) is 0 Å². The van der Waals surface area contributed by atoms with Gasteiger partial charge in [-0.1, -0.05) is 48.5 Å². The number of amides is 4. The van der Waals surface area contributed by atoms with E-state index in [9.17, 15) is 19.2 Å². The van der Waals surface area contributed by atoms with Crippen molar-refractivity contribution in [2.45, 2.75) is 50.2 Å². The average molecular weight is 493 g/mol. The Hall–Kier alpha value is -4.18. The molecule has 0 aliphatic carbocycles. The number of fused-ring (bicyclic) bond motifs is 1. The van der Waals surface area contributed by atoms with Crippen LogP contribution in [0.4, 0.5) is 0 Å². The van der Waals surface area contributed by atoms with Gasteiger partial charge in [0, 0.05) is 29.9 Å². The first-order chi connectivity index (χ1) is 17.2. The van der Waals surface area contributed by atoms with E-state index >= 15 is 0 Å². The zero-order valence-corrected chi connectivity index (χ0v) is 19.9. The van der Waals surface area contributed by atoms with Crippen molar-refractivity contribution in [3.63, 3.8) is 0 Å². The number of nitrogens with two attached hydrogens (primary N) is 3. The maximum Gasteiger partial charge on any atom is 0.243 e. The number of hydrogen-bond acceptors (Lipinski definition) is 5. The smallest absolute Gasteiger partial charge is 0.243 e. The third kappa shape index (κ3) is 7.41. The van der Waals surface area contributed by atoms with Gasteiger partial charge in [-0.2, -0.15) is 0 Å². The van der Waals surface area contributed by atoms with Crippen LogP contribution in [0.5, 0.6) is 0 Å². The molecule has 9 N–H and O–H groups in total. The number of benzene rings is 2. The molecule has 3 aromatic rings. The molecule has 0 spiro atoms. The van der Waals surface area contributed by atoms with E-state index in [1.165, 1.54) is 0 Å². The molecular weight excluding hydrogens is 460 g/mol. The number of rotatable bonds is 13. The number of primary amides is 2. The maximum absolute atomic E-state index is 13.2. The zero-order valence-electron chi connectivity index (χ0n) is 19.9. The summed E-state index contributed by atoms with van der Waals surface area (Å²) in [5.41, 5.74) is 19.4. The lowest BCUT2D eigenvalue weighted by molar-refractivity contribution is -0.132. The Morgan fingerprint density at radius 3 is 2.19 bits per heavy atom. The van der Waals surface area contributed by atoms with Gasteiger partial charge in [-0.25, -0.2) is 0 Å². The van der Waals surface area contributed by atoms with Crippen LogP contribution >= 0.6 is 0 Å². The van der Waals surface area contributed by atoms with Gasteiger partial charge >= 0.3 is 0 Å². The van der Waals surface area contributed by atoms with Crippen LogP contribution in [0.2, 0.25) is 0 Å². The van der Waals surface area contributed by atoms with Crippen LogP contribution in [-0.2, 0) is 32.0 Å². The molecule has 2 aromatic carbocycles. The third-order valence-electron chi connectivity index (χ3n) is 5.99. The summed E-state index contributed by atoms with van der Waals surface area (Å²) in [7, 11) is 0. The molecule has 0 saturated carbocycles. The molecule has 0 bridgehead atoms. The minimum Gasteiger partial charge on any atom is -0.370 e. The molecule has 190 valence electrons. The number of H-pyrrole nitrogens is 1. The van der Waals surface area contributed by atoms with E-state index in [0.29, 0.717) is 12.8 Å². The molecule has 1 aromatic heterocycles. The molecule has 3 rings (SSSR count). The van der Waals surface area contributed by atoms with Gasteiger partial charge in [0.05, 0.1) is 6.04 Å². The van der Waals surface area contributed by atoms with Gasteiger partial charge in [-0.15, -0.1) is 0 Å². The molecule has 36 heavy (non-hydrogen) atoms. The van der Waals surface area contributed by atoms with E-state index < -0.39 is 41.8 Å². The minimum absolute atomic E-state index is 0.0409. The van der Waals surface area contributed by atoms with Crippen LogP contribution in [0.15, 0.2) is 60.8 Å². The fourth-order valence-corrected chi connectivity index (χ4v) is 3.95. The van der Waals surface area contributed by atoms with Gasteiger partial charge in [0.15, 0.2) is 0 Å². The third-order valence-corrected chi connectivity index (χ3v) is 5.99. The summed E-state index contributed by atoms with van der Waals surface area (Å²) < 4.78 is 0. The van der Waals surface area contributed by atoms with Crippen LogP contribution in [0.3, 0.4) is 0 Å². The van der Waals surface area contributed by atoms with Gasteiger partial charge in [0.25, 0.3) is 0 Å². The average Bonchev–Trinajstić information content (AvgIpc) is 3.27. The molecule has 0 aliphatic heterocycles. The van der Waals surface area contributed by atoms with Crippen molar-refractivity contribution in [1.29, 1.82) is 0 Å². The Morgan fingerprint density at radius 2 is 1.50 bits per heavy atom. The van der Waals surface area contributed by atoms with Crippen LogP contribution < -0.4 is 27.8 Å². The molecule has 10 heteroatoms. The standard InChI is InChI=1S/C26H32N6O4/c27-19(11-10-16-6-2-1-3-7-16)25(35)32-22(14-17-15-30-20-9-5-4-8-18(17)20)26(36)31-21(24(29)34)12-13-23(28)33/h1-9,15,19,21-22,30H,10-14,27H2,(H2,28,33)(H2,29,34)(H,31,36)(H,32,35)/t19-,21-,22-/m0/s1. The second kappa shape index (κ2) is 12.5. The lowest BCUT2D eigenvalue weighted by atomic mass is 10.0. The van der Waals surface area contributed by atoms with E-state index in [0.717, 1.165) is 22.0 Å². The predicted molar refractivity (Wildman–Crippen MR) is 136 cm³/mol. The van der Waals surface area contributed by atoms with Gasteiger partial charge in [-0.3, -0.25) is 19.2 Å². The summed E-state index contributed by atoms with van der Waals surface area (Å²) in [5, 5.41) is 6.18. The normalized spacial score (nSPS) is 13.5. The van der Waals surface area contributed by atoms with E-state index in [-0.39, 0.29) is 19.3 Å². The summed E-state index contributed by atoms with van der Waals surface area (Å²) in [6.45, 7) is 0. The van der Waals surface area contributed by atoms with Crippen molar-refractivity contribution < 1.29 is 19.2 Å². The highest BCUT2D eigenvalue weighted by atomic mass is 16.2. The Balaban J connectivity index is 1.74. The van der Waals surface area contributed by atoms with E-state index in [4.69, 9.17) is 17.2 Å². The Bertz CT molecular complexity index is 1210. The molecule has 10 nitrogen and oxygen atoms in total. The van der Waals surface area contributed by atoms with Crippen molar-refractivity contribution in [2.24, 2.45) is 17.2 Å². The molecule has 4 amide bonds. The highest BCUT2D eigenvalue weighted by Gasteiger charge is 2.28. The number of aromatic amines is 1. The summed E-state index contributed by atoms with van der Waals surface area (Å²) in [6.07, 6.45) is 2.74. The van der Waals surface area contributed by atoms with Crippen LogP contribution in [0.1, 0.15) is 30.4 Å². The largest absolute Gasteiger partial charge is 0.370 e. The fourth-order valence-electron chi connectivity index (χ4n) is 3.95. The highest BCUT2D eigenvalue weighted by molar-refractivity contribution is 5.93. The maximum atomic E-state index is 13.2. The van der Waals surface area contributed by atoms with Crippen LogP contribution in [-0.4, -0.2) is 46.7 Å². The van der Waals surface area contributed by atoms with Gasteiger partial charge < -0.3 is 32.8 Å². The summed E-state index contributed by atoms with van der Waals surface area (Å²) in [4.78, 5) is 52.3. The first-order valence-corrected chi connectivity index (χ1v) is 11.8. The van der Waals surface area contributed by atoms with Gasteiger partial charge in [-0.05, 0) is 36.5 Å². The summed E-state index contributed by atoms with van der Waals surface area (Å²) in [5.74, 6) is -2.53. The fraction of sp³-hybridized carbons (Fsp3) is 0.308. The highest BCUT2D eigenvalue weighted by Crippen LogP contribution is 2.19. The van der Waals surface area contributed by atoms with Crippen LogP contribution in [0, 0.1) is 0 Å². The van der Waals surface area contributed by atoms with Crippen molar-refractivity contribution in [2.75, 3.05) is 0 Å². The molecular formula is C26H32N6O4. The van der Waals surface area contributed by atoms with Crippen molar-refractivity contribution in [3.05, 3.63) is 71.9 Å². The van der Waals surface area contributed by atoms with Crippen molar-refractivity contribution in [1.82, 2.24) is 15.6 Å². The predicted octanol–water partition coefficient (Wildman–Crippen LogP) is 0.391. The number of aromatic nitrogens is 1. The van der Waals surface area contributed by atoms with E-state index in [1.54, 1.807) is 6.20 Å². The number of carbonyl (C=O) groups excluding carboxylic acids is 4. The molecule has 3 atom stereocenters. The van der Waals surface area contributed by atoms with E-state index in [2.05, 4.69) is 15.6 Å². The Kier molecular flexibility index (Phi) is 9.18. The number of hydrogen-bond donors (Lipinski definition) is 6. The van der Waals surface area contributed by atoms with Crippen LogP contribution in [0.25, 0.3) is 10.9 Å². The quantitative estimate of drug-likeness (QED) is 0.201. The topological polar surface area (TPSA) is 186 Å². The molecule has 0 saturated heterocycles. The number of aryl methyl sites for hydroxylation is 1. The van der Waals surface area contributed by atoms with Crippen molar-refractivity contribution >= 4 is 34.5 Å². The molecule has 1 heterocycles. The number of para-hydroxylation sites is 1. The van der Waals surface area contributed by atoms with Gasteiger partial charge in [0.2, 0.25) is 23.6 Å². The second-order valence-electron chi connectivity index (χ2n) is 8.72. The Morgan fingerprint density at radius 1 is 0.833 bits per heavy atom. The number of carbonyl (C=O) groups is 4. The zero-order chi connectivity index (χ0) is 26.1. The Labute approximate surface area is 209 Å². The molecule has 0 radical (unpaired) electrons. The molecule has 0 aliphatic rings. The van der Waals surface area contributed by atoms with Gasteiger partial charge in [0.1, 0.15) is 12.1 Å². The lowest BCUT2D eigenvalue weighted by Gasteiger charge is -2.23. The monoisotopic (exact) mass is 492 g/mol. The first-order valence-electron chi connectivity index (χ1n) is 11.8. The molecule has 0 fully saturated rings. The first kappa shape index (κ1) is 26.4. The molecule has 0 unspecified atom stereocenters. The SMILES string of the molecule is NC(=O)CC[C@H](NC(=O)[C@H](Cc1c[nH]c2ccccc12)NC(=O)[C@@H](N)CCc1ccccc1)C(N)=O. The second-order valence-corrected chi connectivity index (χ2v) is 8.72. The lowest BCUT2D eigenvalue weighted by Crippen LogP contribution is -2.56. The minimum atomic E-state index is -1.11. The summed E-state index contributed by atoms with van der Waals surface area (Å²) in [6, 6.07) is 14.2.